The van der Waals surface area contributed by atoms with Gasteiger partial charge in [0, 0.05) is 39.3 Å². The van der Waals surface area contributed by atoms with E-state index >= 15 is 0 Å². The smallest absolute Gasteiger partial charge is 0.243 e. The Kier molecular flexibility index (Phi) is 6.11. The van der Waals surface area contributed by atoms with Gasteiger partial charge in [0.1, 0.15) is 0 Å². The Morgan fingerprint density at radius 3 is 2.42 bits per heavy atom. The molecule has 0 unspecified atom stereocenters. The monoisotopic (exact) mass is 448 g/mol. The maximum absolute atomic E-state index is 13.2. The number of rotatable bonds is 4. The second kappa shape index (κ2) is 8.52. The highest BCUT2D eigenvalue weighted by Crippen LogP contribution is 2.26. The molecule has 1 aliphatic carbocycles. The number of nitrogens with zero attached hydrogens (tertiary/aromatic N) is 3. The number of hydrogen-bond acceptors (Lipinski definition) is 5. The van der Waals surface area contributed by atoms with Gasteiger partial charge in [-0.05, 0) is 62.8 Å². The van der Waals surface area contributed by atoms with E-state index < -0.39 is 15.6 Å². The van der Waals surface area contributed by atoms with Crippen LogP contribution >= 0.6 is 0 Å². The van der Waals surface area contributed by atoms with Gasteiger partial charge in [-0.3, -0.25) is 14.5 Å². The van der Waals surface area contributed by atoms with Crippen LogP contribution in [0.4, 0.5) is 0 Å². The van der Waals surface area contributed by atoms with Gasteiger partial charge in [-0.15, -0.1) is 0 Å². The number of fused-ring (bicyclic) bond motifs is 1. The molecule has 170 valence electrons. The van der Waals surface area contributed by atoms with E-state index in [0.29, 0.717) is 31.1 Å². The first-order valence-electron chi connectivity index (χ1n) is 11.1. The minimum Gasteiger partial charge on any atom is -0.353 e. The predicted molar refractivity (Wildman–Crippen MR) is 117 cm³/mol. The lowest BCUT2D eigenvalue weighted by Crippen LogP contribution is -2.64. The van der Waals surface area contributed by atoms with Gasteiger partial charge in [0.2, 0.25) is 21.8 Å². The van der Waals surface area contributed by atoms with Gasteiger partial charge in [0.15, 0.2) is 0 Å². The number of piperazine rings is 2. The quantitative estimate of drug-likeness (QED) is 0.729. The highest BCUT2D eigenvalue weighted by Gasteiger charge is 2.39. The Bertz CT molecular complexity index is 968. The first-order valence-corrected chi connectivity index (χ1v) is 12.6. The van der Waals surface area contributed by atoms with Gasteiger partial charge in [0.05, 0.1) is 17.0 Å². The van der Waals surface area contributed by atoms with Crippen molar-refractivity contribution in [2.45, 2.75) is 50.0 Å². The molecule has 1 aromatic rings. The largest absolute Gasteiger partial charge is 0.353 e. The van der Waals surface area contributed by atoms with Crippen molar-refractivity contribution in [1.29, 1.82) is 0 Å². The molecule has 2 fully saturated rings. The van der Waals surface area contributed by atoms with Crippen molar-refractivity contribution in [3.63, 3.8) is 0 Å². The van der Waals surface area contributed by atoms with Crippen LogP contribution in [0.3, 0.4) is 0 Å². The zero-order chi connectivity index (χ0) is 22.2. The summed E-state index contributed by atoms with van der Waals surface area (Å²) < 4.78 is 27.8. The minimum absolute atomic E-state index is 0.0615. The SMILES string of the molecule is CC1(C)C(=O)NCCN1CC(=O)N1CCN(S(=O)(=O)c2ccc3c(c2)CCCC3)CC1. The maximum Gasteiger partial charge on any atom is 0.243 e. The molecule has 2 aliphatic heterocycles. The zero-order valence-corrected chi connectivity index (χ0v) is 19.2. The number of benzene rings is 1. The molecule has 2 saturated heterocycles. The van der Waals surface area contributed by atoms with E-state index in [9.17, 15) is 18.0 Å². The van der Waals surface area contributed by atoms with Crippen LogP contribution in [0, 0.1) is 0 Å². The third kappa shape index (κ3) is 4.36. The molecule has 1 aromatic carbocycles. The molecule has 0 atom stereocenters. The number of aryl methyl sites for hydroxylation is 2. The molecule has 31 heavy (non-hydrogen) atoms. The van der Waals surface area contributed by atoms with Crippen LogP contribution in [-0.2, 0) is 32.5 Å². The van der Waals surface area contributed by atoms with Gasteiger partial charge in [-0.1, -0.05) is 6.07 Å². The van der Waals surface area contributed by atoms with Crippen molar-refractivity contribution in [3.05, 3.63) is 29.3 Å². The first-order chi connectivity index (χ1) is 14.7. The fourth-order valence-electron chi connectivity index (χ4n) is 4.68. The summed E-state index contributed by atoms with van der Waals surface area (Å²) in [6.07, 6.45) is 4.22. The number of nitrogens with one attached hydrogen (secondary N) is 1. The van der Waals surface area contributed by atoms with Crippen LogP contribution in [-0.4, -0.2) is 85.7 Å². The summed E-state index contributed by atoms with van der Waals surface area (Å²) in [4.78, 5) is 28.9. The summed E-state index contributed by atoms with van der Waals surface area (Å²) in [7, 11) is -3.57. The van der Waals surface area contributed by atoms with Crippen molar-refractivity contribution < 1.29 is 18.0 Å². The summed E-state index contributed by atoms with van der Waals surface area (Å²) >= 11 is 0. The summed E-state index contributed by atoms with van der Waals surface area (Å²) in [5, 5.41) is 2.83. The molecule has 4 rings (SSSR count). The molecule has 0 aromatic heterocycles. The zero-order valence-electron chi connectivity index (χ0n) is 18.4. The van der Waals surface area contributed by atoms with E-state index in [1.807, 2.05) is 30.9 Å². The van der Waals surface area contributed by atoms with Gasteiger partial charge in [-0.2, -0.15) is 4.31 Å². The molecule has 0 radical (unpaired) electrons. The molecular formula is C22H32N4O4S. The lowest BCUT2D eigenvalue weighted by atomic mass is 9.92. The summed E-state index contributed by atoms with van der Waals surface area (Å²) in [5.74, 6) is -0.138. The van der Waals surface area contributed by atoms with Crippen molar-refractivity contribution in [2.75, 3.05) is 45.8 Å². The van der Waals surface area contributed by atoms with Crippen LogP contribution in [0.25, 0.3) is 0 Å². The first kappa shape index (κ1) is 22.2. The number of amides is 2. The van der Waals surface area contributed by atoms with E-state index in [0.717, 1.165) is 31.2 Å². The summed E-state index contributed by atoms with van der Waals surface area (Å²) in [5.41, 5.74) is 1.68. The Morgan fingerprint density at radius 2 is 1.71 bits per heavy atom. The van der Waals surface area contributed by atoms with E-state index in [2.05, 4.69) is 5.32 Å². The molecule has 2 heterocycles. The van der Waals surface area contributed by atoms with Crippen molar-refractivity contribution >= 4 is 21.8 Å². The lowest BCUT2D eigenvalue weighted by molar-refractivity contribution is -0.141. The van der Waals surface area contributed by atoms with Gasteiger partial charge < -0.3 is 10.2 Å². The van der Waals surface area contributed by atoms with Crippen molar-refractivity contribution in [2.24, 2.45) is 0 Å². The molecular weight excluding hydrogens is 416 g/mol. The highest BCUT2D eigenvalue weighted by molar-refractivity contribution is 7.89. The Labute approximate surface area is 184 Å². The van der Waals surface area contributed by atoms with Crippen molar-refractivity contribution in [1.82, 2.24) is 19.4 Å². The maximum atomic E-state index is 13.2. The molecule has 0 bridgehead atoms. The van der Waals surface area contributed by atoms with E-state index in [-0.39, 0.29) is 31.4 Å². The molecule has 1 N–H and O–H groups in total. The Morgan fingerprint density at radius 1 is 1.03 bits per heavy atom. The summed E-state index contributed by atoms with van der Waals surface area (Å²) in [6.45, 7) is 6.25. The molecule has 0 spiro atoms. The predicted octanol–water partition coefficient (Wildman–Crippen LogP) is 0.609. The second-order valence-corrected chi connectivity index (χ2v) is 11.1. The molecule has 9 heteroatoms. The third-order valence-corrected chi connectivity index (χ3v) is 8.78. The fraction of sp³-hybridized carbons (Fsp3) is 0.636. The Balaban J connectivity index is 1.38. The second-order valence-electron chi connectivity index (χ2n) is 9.16. The number of carbonyl (C=O) groups is 2. The van der Waals surface area contributed by atoms with Gasteiger partial charge >= 0.3 is 0 Å². The average Bonchev–Trinajstić information content (AvgIpc) is 2.77. The molecule has 0 saturated carbocycles. The highest BCUT2D eigenvalue weighted by atomic mass is 32.2. The average molecular weight is 449 g/mol. The minimum atomic E-state index is -3.57. The Hall–Kier alpha value is -1.97. The van der Waals surface area contributed by atoms with Crippen LogP contribution in [0.1, 0.15) is 37.8 Å². The fourth-order valence-corrected chi connectivity index (χ4v) is 6.15. The van der Waals surface area contributed by atoms with Gasteiger partial charge in [0.25, 0.3) is 0 Å². The third-order valence-electron chi connectivity index (χ3n) is 6.89. The number of sulfonamides is 1. The van der Waals surface area contributed by atoms with Crippen LogP contribution in [0.15, 0.2) is 23.1 Å². The van der Waals surface area contributed by atoms with Crippen LogP contribution in [0.2, 0.25) is 0 Å². The topological polar surface area (TPSA) is 90.0 Å². The van der Waals surface area contributed by atoms with Crippen LogP contribution in [0.5, 0.6) is 0 Å². The summed E-state index contributed by atoms with van der Waals surface area (Å²) in [6, 6.07) is 5.52. The molecule has 2 amide bonds. The lowest BCUT2D eigenvalue weighted by Gasteiger charge is -2.42. The molecule has 3 aliphatic rings. The van der Waals surface area contributed by atoms with E-state index in [4.69, 9.17) is 0 Å². The van der Waals surface area contributed by atoms with Crippen LogP contribution < -0.4 is 5.32 Å². The standard InChI is InChI=1S/C22H32N4O4S/c1-22(2)21(28)23-9-10-25(22)16-20(27)24-11-13-26(14-12-24)31(29,30)19-8-7-17-5-3-4-6-18(17)15-19/h7-8,15H,3-6,9-14,16H2,1-2H3,(H,23,28). The van der Waals surface area contributed by atoms with E-state index in [1.165, 1.54) is 9.87 Å². The molecule has 8 nitrogen and oxygen atoms in total. The normalized spacial score (nSPS) is 22.6. The number of carbonyl (C=O) groups excluding carboxylic acids is 2. The number of hydrogen-bond donors (Lipinski definition) is 1. The van der Waals surface area contributed by atoms with Crippen molar-refractivity contribution in [3.8, 4) is 0 Å². The van der Waals surface area contributed by atoms with E-state index in [1.54, 1.807) is 11.0 Å². The van der Waals surface area contributed by atoms with Gasteiger partial charge in [-0.25, -0.2) is 8.42 Å².